The number of fused-ring (bicyclic) bond motifs is 1. The maximum Gasteiger partial charge on any atom is 0.313 e. The number of hydrogen-bond donors (Lipinski definition) is 2. The van der Waals surface area contributed by atoms with Crippen LogP contribution in [0.15, 0.2) is 59.0 Å². The third kappa shape index (κ3) is 7.05. The van der Waals surface area contributed by atoms with E-state index in [4.69, 9.17) is 4.42 Å². The number of nitrogens with one attached hydrogen (secondary N) is 2. The first kappa shape index (κ1) is 27.0. The molecule has 2 N–H and O–H groups in total. The lowest BCUT2D eigenvalue weighted by Crippen LogP contribution is -2.57. The number of benzene rings is 2. The van der Waals surface area contributed by atoms with E-state index >= 15 is 0 Å². The maximum atomic E-state index is 13.7. The maximum absolute atomic E-state index is 13.7. The smallest absolute Gasteiger partial charge is 0.313 e. The summed E-state index contributed by atoms with van der Waals surface area (Å²) < 4.78 is 33.0. The highest BCUT2D eigenvalue weighted by Gasteiger charge is 2.39. The molecule has 37 heavy (non-hydrogen) atoms. The van der Waals surface area contributed by atoms with Crippen LogP contribution in [0.3, 0.4) is 0 Å². The van der Waals surface area contributed by atoms with Gasteiger partial charge in [0.2, 0.25) is 5.91 Å². The lowest BCUT2D eigenvalue weighted by atomic mass is 9.94. The molecule has 2 atom stereocenters. The Bertz CT molecular complexity index is 1270. The molecule has 1 saturated carbocycles. The van der Waals surface area contributed by atoms with E-state index < -0.39 is 32.9 Å². The Balaban J connectivity index is 1.61. The molecule has 2 aromatic carbocycles. The SMILES string of the molecule is CCCCC(C(NC1CCCCC1)C(=O)NC(=O)c1nc2ccccc2o1)S(=O)(=O)Cc1ccccc1. The predicted octanol–water partition coefficient (Wildman–Crippen LogP) is 4.55. The summed E-state index contributed by atoms with van der Waals surface area (Å²) in [5, 5.41) is 4.74. The van der Waals surface area contributed by atoms with Crippen LogP contribution in [0, 0.1) is 0 Å². The van der Waals surface area contributed by atoms with E-state index in [0.717, 1.165) is 38.5 Å². The monoisotopic (exact) mass is 525 g/mol. The number of imide groups is 1. The van der Waals surface area contributed by atoms with Gasteiger partial charge < -0.3 is 9.73 Å². The molecular weight excluding hydrogens is 490 g/mol. The van der Waals surface area contributed by atoms with Crippen molar-refractivity contribution in [1.29, 1.82) is 0 Å². The van der Waals surface area contributed by atoms with Crippen LogP contribution >= 0.6 is 0 Å². The molecule has 2 unspecified atom stereocenters. The Morgan fingerprint density at radius 2 is 1.73 bits per heavy atom. The standard InChI is InChI=1S/C28H35N3O5S/c1-2-3-18-24(37(34,35)19-20-12-6-4-7-13-20)25(29-21-14-8-5-9-15-21)26(32)31-27(33)28-30-22-16-10-11-17-23(22)36-28/h4,6-7,10-13,16-17,21,24-25,29H,2-3,5,8-9,14-15,18-19H2,1H3,(H,31,32,33). The van der Waals surface area contributed by atoms with Crippen LogP contribution in [0.25, 0.3) is 11.1 Å². The molecule has 1 heterocycles. The van der Waals surface area contributed by atoms with Crippen molar-refractivity contribution in [3.8, 4) is 0 Å². The summed E-state index contributed by atoms with van der Waals surface area (Å²) >= 11 is 0. The Hall–Kier alpha value is -3.04. The number of aromatic nitrogens is 1. The molecule has 198 valence electrons. The Morgan fingerprint density at radius 3 is 2.43 bits per heavy atom. The quantitative estimate of drug-likeness (QED) is 0.377. The van der Waals surface area contributed by atoms with Gasteiger partial charge >= 0.3 is 5.91 Å². The number of para-hydroxylation sites is 2. The predicted molar refractivity (Wildman–Crippen MR) is 143 cm³/mol. The number of unbranched alkanes of at least 4 members (excludes halogenated alkanes) is 1. The third-order valence-corrected chi connectivity index (χ3v) is 9.08. The van der Waals surface area contributed by atoms with Crippen LogP contribution in [0.4, 0.5) is 0 Å². The molecule has 1 aliphatic rings. The fourth-order valence-corrected chi connectivity index (χ4v) is 6.97. The Kier molecular flexibility index (Phi) is 9.10. The molecule has 3 aromatic rings. The molecule has 0 bridgehead atoms. The van der Waals surface area contributed by atoms with E-state index in [-0.39, 0.29) is 17.7 Å². The Labute approximate surface area is 218 Å². The first-order valence-electron chi connectivity index (χ1n) is 13.1. The molecule has 0 aliphatic heterocycles. The number of carbonyl (C=O) groups excluding carboxylic acids is 2. The number of carbonyl (C=O) groups is 2. The number of amides is 2. The van der Waals surface area contributed by atoms with Crippen LogP contribution in [0.2, 0.25) is 0 Å². The van der Waals surface area contributed by atoms with Crippen LogP contribution < -0.4 is 10.6 Å². The van der Waals surface area contributed by atoms with Gasteiger partial charge in [0.15, 0.2) is 15.4 Å². The number of oxazole rings is 1. The molecule has 1 aliphatic carbocycles. The van der Waals surface area contributed by atoms with E-state index in [0.29, 0.717) is 29.5 Å². The molecule has 0 saturated heterocycles. The number of nitrogens with zero attached hydrogens (tertiary/aromatic N) is 1. The molecule has 1 fully saturated rings. The average molecular weight is 526 g/mol. The first-order valence-corrected chi connectivity index (χ1v) is 14.8. The van der Waals surface area contributed by atoms with Crippen molar-refractivity contribution >= 4 is 32.8 Å². The Morgan fingerprint density at radius 1 is 1.03 bits per heavy atom. The lowest BCUT2D eigenvalue weighted by Gasteiger charge is -2.32. The van der Waals surface area contributed by atoms with Crippen molar-refractivity contribution in [1.82, 2.24) is 15.6 Å². The number of sulfone groups is 1. The second kappa shape index (κ2) is 12.5. The van der Waals surface area contributed by atoms with Crippen molar-refractivity contribution in [2.75, 3.05) is 0 Å². The molecule has 0 radical (unpaired) electrons. The van der Waals surface area contributed by atoms with Gasteiger partial charge in [-0.05, 0) is 37.0 Å². The molecule has 4 rings (SSSR count). The fourth-order valence-electron chi connectivity index (χ4n) is 4.96. The zero-order valence-corrected chi connectivity index (χ0v) is 22.0. The second-order valence-corrected chi connectivity index (χ2v) is 12.0. The number of rotatable bonds is 11. The van der Waals surface area contributed by atoms with Crippen LogP contribution in [-0.2, 0) is 20.4 Å². The lowest BCUT2D eigenvalue weighted by molar-refractivity contribution is -0.122. The zero-order chi connectivity index (χ0) is 26.3. The van der Waals surface area contributed by atoms with Gasteiger partial charge in [-0.15, -0.1) is 0 Å². The summed E-state index contributed by atoms with van der Waals surface area (Å²) in [6, 6.07) is 14.9. The molecule has 9 heteroatoms. The summed E-state index contributed by atoms with van der Waals surface area (Å²) in [6.07, 6.45) is 6.64. The molecule has 1 aromatic heterocycles. The van der Waals surface area contributed by atoms with Crippen LogP contribution in [-0.4, -0.2) is 42.5 Å². The molecular formula is C28H35N3O5S. The highest BCUT2D eigenvalue weighted by atomic mass is 32.2. The summed E-state index contributed by atoms with van der Waals surface area (Å²) in [5.74, 6) is -1.86. The minimum Gasteiger partial charge on any atom is -0.432 e. The molecule has 0 spiro atoms. The largest absolute Gasteiger partial charge is 0.432 e. The van der Waals surface area contributed by atoms with Crippen molar-refractivity contribution in [2.45, 2.75) is 81.4 Å². The van der Waals surface area contributed by atoms with Crippen molar-refractivity contribution < 1.29 is 22.4 Å². The van der Waals surface area contributed by atoms with Crippen molar-refractivity contribution in [3.05, 3.63) is 66.1 Å². The summed E-state index contributed by atoms with van der Waals surface area (Å²) in [7, 11) is -3.74. The topological polar surface area (TPSA) is 118 Å². The summed E-state index contributed by atoms with van der Waals surface area (Å²) in [4.78, 5) is 30.7. The first-order chi connectivity index (χ1) is 17.9. The minimum absolute atomic E-state index is 0.0139. The van der Waals surface area contributed by atoms with Gasteiger partial charge in [0.25, 0.3) is 5.89 Å². The molecule has 2 amide bonds. The third-order valence-electron chi connectivity index (χ3n) is 6.91. The van der Waals surface area contributed by atoms with Crippen molar-refractivity contribution in [3.63, 3.8) is 0 Å². The van der Waals surface area contributed by atoms with Gasteiger partial charge in [-0.2, -0.15) is 0 Å². The van der Waals surface area contributed by atoms with E-state index in [9.17, 15) is 18.0 Å². The van der Waals surface area contributed by atoms with E-state index in [2.05, 4.69) is 15.6 Å². The zero-order valence-electron chi connectivity index (χ0n) is 21.2. The molecule has 8 nitrogen and oxygen atoms in total. The van der Waals surface area contributed by atoms with Crippen LogP contribution in [0.1, 0.15) is 74.5 Å². The second-order valence-electron chi connectivity index (χ2n) is 9.76. The van der Waals surface area contributed by atoms with Crippen LogP contribution in [0.5, 0.6) is 0 Å². The fraction of sp³-hybridized carbons (Fsp3) is 0.464. The van der Waals surface area contributed by atoms with Gasteiger partial charge in [0, 0.05) is 6.04 Å². The number of hydrogen-bond acceptors (Lipinski definition) is 7. The van der Waals surface area contributed by atoms with Crippen molar-refractivity contribution in [2.24, 2.45) is 0 Å². The van der Waals surface area contributed by atoms with Gasteiger partial charge in [-0.25, -0.2) is 13.4 Å². The van der Waals surface area contributed by atoms with Gasteiger partial charge in [0.1, 0.15) is 11.6 Å². The summed E-state index contributed by atoms with van der Waals surface area (Å²) in [6.45, 7) is 1.99. The van der Waals surface area contributed by atoms with E-state index in [1.165, 1.54) is 0 Å². The average Bonchev–Trinajstić information content (AvgIpc) is 3.34. The highest BCUT2D eigenvalue weighted by molar-refractivity contribution is 7.91. The van der Waals surface area contributed by atoms with E-state index in [1.807, 2.05) is 13.0 Å². The highest BCUT2D eigenvalue weighted by Crippen LogP contribution is 2.24. The van der Waals surface area contributed by atoms with E-state index in [1.54, 1.807) is 48.5 Å². The van der Waals surface area contributed by atoms with Gasteiger partial charge in [0.05, 0.1) is 11.0 Å². The summed E-state index contributed by atoms with van der Waals surface area (Å²) in [5.41, 5.74) is 1.61. The minimum atomic E-state index is -3.74. The normalized spacial score (nSPS) is 16.4. The van der Waals surface area contributed by atoms with Gasteiger partial charge in [-0.1, -0.05) is 81.5 Å². The van der Waals surface area contributed by atoms with Gasteiger partial charge in [-0.3, -0.25) is 14.9 Å².